The summed E-state index contributed by atoms with van der Waals surface area (Å²) < 4.78 is 65.3. The molecule has 4 rings (SSSR count). The summed E-state index contributed by atoms with van der Waals surface area (Å²) in [6, 6.07) is 11.1. The van der Waals surface area contributed by atoms with Gasteiger partial charge in [-0.2, -0.15) is 4.68 Å². The number of hydrogen-bond acceptors (Lipinski definition) is 9. The van der Waals surface area contributed by atoms with Crippen LogP contribution in [0.5, 0.6) is 0 Å². The number of carbonyl (C=O) groups is 2. The van der Waals surface area contributed by atoms with E-state index in [0.29, 0.717) is 30.5 Å². The van der Waals surface area contributed by atoms with Gasteiger partial charge in [-0.1, -0.05) is 6.07 Å². The first-order valence-electron chi connectivity index (χ1n) is 13.9. The predicted octanol–water partition coefficient (Wildman–Crippen LogP) is 4.95. The van der Waals surface area contributed by atoms with Gasteiger partial charge in [-0.3, -0.25) is 4.79 Å². The minimum Gasteiger partial charge on any atom is -0.451 e. The van der Waals surface area contributed by atoms with Gasteiger partial charge in [0.05, 0.1) is 34.6 Å². The van der Waals surface area contributed by atoms with Crippen molar-refractivity contribution in [3.63, 3.8) is 0 Å². The fourth-order valence-electron chi connectivity index (χ4n) is 4.69. The Balaban J connectivity index is 1.78. The van der Waals surface area contributed by atoms with Crippen LogP contribution in [0.25, 0.3) is 10.9 Å². The van der Waals surface area contributed by atoms with Crippen LogP contribution in [0.3, 0.4) is 0 Å². The summed E-state index contributed by atoms with van der Waals surface area (Å²) in [6.07, 6.45) is -0.165. The molecule has 0 radical (unpaired) electrons. The van der Waals surface area contributed by atoms with Gasteiger partial charge in [0, 0.05) is 36.3 Å². The van der Waals surface area contributed by atoms with Gasteiger partial charge in [0.2, 0.25) is 9.84 Å². The Morgan fingerprint density at radius 3 is 2.29 bits per heavy atom. The minimum absolute atomic E-state index is 0.0744. The summed E-state index contributed by atoms with van der Waals surface area (Å²) in [4.78, 5) is 27.4. The molecular weight excluding hydrogens is 608 g/mol. The zero-order valence-corrected chi connectivity index (χ0v) is 26.5. The highest BCUT2D eigenvalue weighted by Crippen LogP contribution is 2.31. The molecule has 0 fully saturated rings. The summed E-state index contributed by atoms with van der Waals surface area (Å²) in [5.74, 6) is -2.85. The number of carbonyl (C=O) groups excluding carboxylic acids is 2. The Labute approximate surface area is 260 Å². The van der Waals surface area contributed by atoms with Crippen LogP contribution >= 0.6 is 0 Å². The molecule has 2 atom stereocenters. The summed E-state index contributed by atoms with van der Waals surface area (Å²) in [7, 11) is 2.27. The average Bonchev–Trinajstić information content (AvgIpc) is 3.33. The van der Waals surface area contributed by atoms with Gasteiger partial charge in [0.15, 0.2) is 5.82 Å². The van der Waals surface area contributed by atoms with Crippen molar-refractivity contribution in [2.75, 3.05) is 45.6 Å². The summed E-state index contributed by atoms with van der Waals surface area (Å²) in [6.45, 7) is 4.36. The number of anilines is 2. The lowest BCUT2D eigenvalue weighted by atomic mass is 10.0. The minimum atomic E-state index is -4.41. The van der Waals surface area contributed by atoms with Crippen LogP contribution < -0.4 is 10.6 Å². The molecule has 14 heteroatoms. The Morgan fingerprint density at radius 2 is 1.67 bits per heavy atom. The second-order valence-corrected chi connectivity index (χ2v) is 12.8. The van der Waals surface area contributed by atoms with E-state index in [1.165, 1.54) is 18.2 Å². The highest BCUT2D eigenvalue weighted by atomic mass is 32.2. The molecule has 0 saturated carbocycles. The standard InChI is InChI=1S/C31H35F2N5O6S/c1-18(17-43-5)34-27-12-20(11-19(2)37(3)4)7-9-25(27)30(39)35-29-26-16-23(8-10-28(26)38(36-29)31(40)44-6)45(41,42)24-14-21(32)13-22(33)15-24/h7-10,12-16,18-19,34H,11,17H2,1-6H3,(H,35,36,39). The van der Waals surface area contributed by atoms with E-state index in [9.17, 15) is 26.8 Å². The third-order valence-electron chi connectivity index (χ3n) is 7.25. The lowest BCUT2D eigenvalue weighted by Crippen LogP contribution is -2.27. The van der Waals surface area contributed by atoms with Gasteiger partial charge in [-0.25, -0.2) is 22.0 Å². The Morgan fingerprint density at radius 1 is 0.978 bits per heavy atom. The van der Waals surface area contributed by atoms with E-state index in [0.717, 1.165) is 23.8 Å². The fourth-order valence-corrected chi connectivity index (χ4v) is 6.02. The molecule has 0 aliphatic carbocycles. The lowest BCUT2D eigenvalue weighted by molar-refractivity contribution is 0.102. The van der Waals surface area contributed by atoms with Crippen LogP contribution in [-0.4, -0.2) is 82.1 Å². The number of likely N-dealkylation sites (N-methyl/N-ethyl adjacent to an activating group) is 1. The van der Waals surface area contributed by atoms with Crippen molar-refractivity contribution in [2.24, 2.45) is 0 Å². The van der Waals surface area contributed by atoms with Gasteiger partial charge < -0.3 is 25.0 Å². The number of hydrogen-bond donors (Lipinski definition) is 2. The van der Waals surface area contributed by atoms with Crippen molar-refractivity contribution in [3.05, 3.63) is 77.4 Å². The number of halogens is 2. The molecule has 2 unspecified atom stereocenters. The number of nitrogens with zero attached hydrogens (tertiary/aromatic N) is 3. The average molecular weight is 644 g/mol. The van der Waals surface area contributed by atoms with Crippen LogP contribution in [0, 0.1) is 11.6 Å². The molecule has 240 valence electrons. The third-order valence-corrected chi connectivity index (χ3v) is 8.98. The van der Waals surface area contributed by atoms with Gasteiger partial charge in [0.25, 0.3) is 5.91 Å². The first-order chi connectivity index (χ1) is 21.2. The number of sulfone groups is 1. The smallest absolute Gasteiger partial charge is 0.435 e. The predicted molar refractivity (Wildman–Crippen MR) is 166 cm³/mol. The molecule has 0 bridgehead atoms. The number of ether oxygens (including phenoxy) is 2. The molecule has 0 aliphatic rings. The van der Waals surface area contributed by atoms with Crippen molar-refractivity contribution >= 4 is 44.2 Å². The molecular formula is C31H35F2N5O6S. The highest BCUT2D eigenvalue weighted by Gasteiger charge is 2.25. The Kier molecular flexibility index (Phi) is 10.2. The summed E-state index contributed by atoms with van der Waals surface area (Å²) in [5.41, 5.74) is 1.91. The molecule has 4 aromatic rings. The van der Waals surface area contributed by atoms with E-state index in [-0.39, 0.29) is 39.3 Å². The first kappa shape index (κ1) is 33.5. The quantitative estimate of drug-likeness (QED) is 0.233. The molecule has 11 nitrogen and oxygen atoms in total. The van der Waals surface area contributed by atoms with Gasteiger partial charge in [-0.15, -0.1) is 5.10 Å². The second kappa shape index (κ2) is 13.7. The normalized spacial score (nSPS) is 13.1. The molecule has 0 aliphatic heterocycles. The number of amides is 1. The van der Waals surface area contributed by atoms with Gasteiger partial charge >= 0.3 is 6.09 Å². The number of fused-ring (bicyclic) bond motifs is 1. The van der Waals surface area contributed by atoms with E-state index in [1.54, 1.807) is 13.2 Å². The van der Waals surface area contributed by atoms with Crippen molar-refractivity contribution < 1.29 is 36.3 Å². The number of nitrogens with one attached hydrogen (secondary N) is 2. The van der Waals surface area contributed by atoms with E-state index in [1.807, 2.05) is 33.2 Å². The van der Waals surface area contributed by atoms with E-state index in [4.69, 9.17) is 9.47 Å². The maximum atomic E-state index is 13.9. The molecule has 3 aromatic carbocycles. The van der Waals surface area contributed by atoms with Crippen LogP contribution in [0.15, 0.2) is 64.4 Å². The Hall–Kier alpha value is -4.40. The van der Waals surface area contributed by atoms with Crippen molar-refractivity contribution in [2.45, 2.75) is 42.1 Å². The summed E-state index contributed by atoms with van der Waals surface area (Å²) >= 11 is 0. The zero-order chi connectivity index (χ0) is 33.1. The van der Waals surface area contributed by atoms with Crippen LogP contribution in [0.4, 0.5) is 25.1 Å². The zero-order valence-electron chi connectivity index (χ0n) is 25.7. The van der Waals surface area contributed by atoms with Crippen molar-refractivity contribution in [1.29, 1.82) is 0 Å². The first-order valence-corrected chi connectivity index (χ1v) is 15.4. The molecule has 1 amide bonds. The SMILES string of the molecule is COCC(C)Nc1cc(CC(C)N(C)C)ccc1C(=O)Nc1nn(C(=O)OC)c2ccc(S(=O)(=O)c3cc(F)cc(F)c3)cc12. The van der Waals surface area contributed by atoms with E-state index in [2.05, 4.69) is 27.6 Å². The molecule has 0 saturated heterocycles. The highest BCUT2D eigenvalue weighted by molar-refractivity contribution is 7.91. The van der Waals surface area contributed by atoms with E-state index >= 15 is 0 Å². The molecule has 1 aromatic heterocycles. The molecule has 2 N–H and O–H groups in total. The number of benzene rings is 3. The fraction of sp³-hybridized carbons (Fsp3) is 0.323. The van der Waals surface area contributed by atoms with Gasteiger partial charge in [0.1, 0.15) is 11.6 Å². The maximum Gasteiger partial charge on any atom is 0.435 e. The van der Waals surface area contributed by atoms with E-state index < -0.39 is 38.4 Å². The number of aromatic nitrogens is 2. The maximum absolute atomic E-state index is 13.9. The Bertz CT molecular complexity index is 1820. The monoisotopic (exact) mass is 643 g/mol. The largest absolute Gasteiger partial charge is 0.451 e. The van der Waals surface area contributed by atoms with Gasteiger partial charge in [-0.05, 0) is 82.4 Å². The molecule has 1 heterocycles. The van der Waals surface area contributed by atoms with Crippen LogP contribution in [0.2, 0.25) is 0 Å². The van der Waals surface area contributed by atoms with Crippen LogP contribution in [-0.2, 0) is 25.7 Å². The van der Waals surface area contributed by atoms with Crippen molar-refractivity contribution in [3.8, 4) is 0 Å². The third kappa shape index (κ3) is 7.47. The number of rotatable bonds is 11. The summed E-state index contributed by atoms with van der Waals surface area (Å²) in [5, 5.41) is 10.3. The molecule has 0 spiro atoms. The van der Waals surface area contributed by atoms with Crippen LogP contribution in [0.1, 0.15) is 29.8 Å². The lowest BCUT2D eigenvalue weighted by Gasteiger charge is -2.22. The second-order valence-electron chi connectivity index (χ2n) is 10.9. The topological polar surface area (TPSA) is 132 Å². The number of methoxy groups -OCH3 is 2. The molecule has 45 heavy (non-hydrogen) atoms. The van der Waals surface area contributed by atoms with Crippen molar-refractivity contribution in [1.82, 2.24) is 14.7 Å².